The van der Waals surface area contributed by atoms with Crippen molar-refractivity contribution in [3.05, 3.63) is 42.4 Å². The summed E-state index contributed by atoms with van der Waals surface area (Å²) in [6, 6.07) is 7.92. The molecule has 0 spiro atoms. The van der Waals surface area contributed by atoms with Crippen LogP contribution in [0.1, 0.15) is 5.56 Å². The number of anilines is 2. The third kappa shape index (κ3) is 1.90. The van der Waals surface area contributed by atoms with Crippen molar-refractivity contribution < 1.29 is 8.83 Å². The minimum absolute atomic E-state index is 0.566. The molecule has 0 aliphatic rings. The van der Waals surface area contributed by atoms with Crippen molar-refractivity contribution in [2.75, 3.05) is 17.7 Å². The Kier molecular flexibility index (Phi) is 2.44. The van der Waals surface area contributed by atoms with Gasteiger partial charge in [-0.05, 0) is 18.2 Å². The lowest BCUT2D eigenvalue weighted by molar-refractivity contribution is 0.559. The van der Waals surface area contributed by atoms with E-state index >= 15 is 0 Å². The molecule has 2 heterocycles. The Labute approximate surface area is 104 Å². The molecule has 3 aromatic rings. The molecule has 0 saturated carbocycles. The molecule has 3 rings (SSSR count). The van der Waals surface area contributed by atoms with E-state index in [1.807, 2.05) is 30.1 Å². The zero-order valence-corrected chi connectivity index (χ0v) is 9.96. The molecule has 92 valence electrons. The molecule has 0 radical (unpaired) electrons. The van der Waals surface area contributed by atoms with E-state index in [1.165, 1.54) is 0 Å². The molecular formula is C13H13N3O2. The van der Waals surface area contributed by atoms with Gasteiger partial charge in [0, 0.05) is 24.4 Å². The fourth-order valence-electron chi connectivity index (χ4n) is 1.82. The Hall–Kier alpha value is -2.43. The zero-order chi connectivity index (χ0) is 12.5. The summed E-state index contributed by atoms with van der Waals surface area (Å²) in [5.41, 5.74) is 8.95. The van der Waals surface area contributed by atoms with Crippen LogP contribution < -0.4 is 10.6 Å². The van der Waals surface area contributed by atoms with Gasteiger partial charge >= 0.3 is 0 Å². The molecule has 0 aliphatic carbocycles. The van der Waals surface area contributed by atoms with Crippen molar-refractivity contribution in [3.63, 3.8) is 0 Å². The first-order chi connectivity index (χ1) is 8.72. The van der Waals surface area contributed by atoms with Crippen LogP contribution in [0.4, 0.5) is 11.7 Å². The average Bonchev–Trinajstić information content (AvgIpc) is 2.96. The maximum atomic E-state index is 5.71. The molecule has 0 unspecified atom stereocenters. The highest BCUT2D eigenvalue weighted by atomic mass is 16.4. The standard InChI is InChI=1S/C13H13N3O2/c1-16(7-9-4-5-17-8-9)13-15-11-3-2-10(14)6-12(11)18-13/h2-6,8H,7,14H2,1H3. The highest BCUT2D eigenvalue weighted by Gasteiger charge is 2.11. The molecule has 5 nitrogen and oxygen atoms in total. The molecule has 5 heteroatoms. The molecule has 0 atom stereocenters. The Morgan fingerprint density at radius 3 is 3.00 bits per heavy atom. The van der Waals surface area contributed by atoms with E-state index < -0.39 is 0 Å². The van der Waals surface area contributed by atoms with Gasteiger partial charge in [0.1, 0.15) is 5.52 Å². The van der Waals surface area contributed by atoms with Crippen LogP contribution >= 0.6 is 0 Å². The van der Waals surface area contributed by atoms with Crippen LogP contribution in [0.5, 0.6) is 0 Å². The zero-order valence-electron chi connectivity index (χ0n) is 9.96. The monoisotopic (exact) mass is 243 g/mol. The number of nitrogens with zero attached hydrogens (tertiary/aromatic N) is 2. The molecule has 2 aromatic heterocycles. The van der Waals surface area contributed by atoms with Crippen LogP contribution in [0, 0.1) is 0 Å². The molecule has 0 aliphatic heterocycles. The van der Waals surface area contributed by atoms with Gasteiger partial charge in [-0.3, -0.25) is 0 Å². The van der Waals surface area contributed by atoms with Crippen molar-refractivity contribution in [1.82, 2.24) is 4.98 Å². The van der Waals surface area contributed by atoms with Gasteiger partial charge < -0.3 is 19.5 Å². The molecule has 2 N–H and O–H groups in total. The van der Waals surface area contributed by atoms with Gasteiger partial charge in [-0.25, -0.2) is 0 Å². The van der Waals surface area contributed by atoms with Gasteiger partial charge in [0.15, 0.2) is 5.58 Å². The van der Waals surface area contributed by atoms with E-state index in [2.05, 4.69) is 4.98 Å². The van der Waals surface area contributed by atoms with E-state index in [4.69, 9.17) is 14.6 Å². The third-order valence-corrected chi connectivity index (χ3v) is 2.73. The third-order valence-electron chi connectivity index (χ3n) is 2.73. The van der Waals surface area contributed by atoms with Gasteiger partial charge in [0.05, 0.1) is 19.1 Å². The van der Waals surface area contributed by atoms with Crippen LogP contribution in [0.15, 0.2) is 45.6 Å². The van der Waals surface area contributed by atoms with Crippen molar-refractivity contribution >= 4 is 22.8 Å². The number of benzene rings is 1. The largest absolute Gasteiger partial charge is 0.472 e. The minimum Gasteiger partial charge on any atom is -0.472 e. The Morgan fingerprint density at radius 1 is 1.33 bits per heavy atom. The van der Waals surface area contributed by atoms with Crippen molar-refractivity contribution in [2.24, 2.45) is 0 Å². The second kappa shape index (κ2) is 4.10. The second-order valence-corrected chi connectivity index (χ2v) is 4.21. The SMILES string of the molecule is CN(Cc1ccoc1)c1nc2ccc(N)cc2o1. The van der Waals surface area contributed by atoms with Gasteiger partial charge in [-0.1, -0.05) is 0 Å². The molecule has 18 heavy (non-hydrogen) atoms. The summed E-state index contributed by atoms with van der Waals surface area (Å²) in [6.07, 6.45) is 3.35. The summed E-state index contributed by atoms with van der Waals surface area (Å²) in [5.74, 6) is 0. The first kappa shape index (κ1) is 10.7. The Morgan fingerprint density at radius 2 is 2.22 bits per heavy atom. The van der Waals surface area contributed by atoms with Crippen molar-refractivity contribution in [2.45, 2.75) is 6.54 Å². The lowest BCUT2D eigenvalue weighted by Crippen LogP contribution is -2.15. The highest BCUT2D eigenvalue weighted by molar-refractivity contribution is 5.78. The van der Waals surface area contributed by atoms with E-state index in [0.717, 1.165) is 11.1 Å². The summed E-state index contributed by atoms with van der Waals surface area (Å²) in [5, 5.41) is 0. The second-order valence-electron chi connectivity index (χ2n) is 4.21. The number of hydrogen-bond donors (Lipinski definition) is 1. The molecule has 0 bridgehead atoms. The number of hydrogen-bond acceptors (Lipinski definition) is 5. The first-order valence-corrected chi connectivity index (χ1v) is 5.60. The van der Waals surface area contributed by atoms with E-state index in [9.17, 15) is 0 Å². The van der Waals surface area contributed by atoms with E-state index in [-0.39, 0.29) is 0 Å². The number of nitrogen functional groups attached to an aromatic ring is 1. The maximum Gasteiger partial charge on any atom is 0.298 e. The predicted octanol–water partition coefficient (Wildman–Crippen LogP) is 2.64. The minimum atomic E-state index is 0.566. The van der Waals surface area contributed by atoms with Crippen LogP contribution in [-0.2, 0) is 6.54 Å². The lowest BCUT2D eigenvalue weighted by Gasteiger charge is -2.12. The summed E-state index contributed by atoms with van der Waals surface area (Å²) in [4.78, 5) is 6.33. The topological polar surface area (TPSA) is 68.4 Å². The maximum absolute atomic E-state index is 5.71. The van der Waals surface area contributed by atoms with Gasteiger partial charge in [0.25, 0.3) is 6.01 Å². The van der Waals surface area contributed by atoms with Crippen LogP contribution in [0.2, 0.25) is 0 Å². The normalized spacial score (nSPS) is 10.9. The average molecular weight is 243 g/mol. The van der Waals surface area contributed by atoms with Crippen LogP contribution in [0.25, 0.3) is 11.1 Å². The fraction of sp³-hybridized carbons (Fsp3) is 0.154. The highest BCUT2D eigenvalue weighted by Crippen LogP contribution is 2.23. The summed E-state index contributed by atoms with van der Waals surface area (Å²) in [7, 11) is 1.92. The Balaban J connectivity index is 1.89. The van der Waals surface area contributed by atoms with E-state index in [1.54, 1.807) is 18.6 Å². The van der Waals surface area contributed by atoms with Gasteiger partial charge in [0.2, 0.25) is 0 Å². The molecule has 1 aromatic carbocycles. The first-order valence-electron chi connectivity index (χ1n) is 5.60. The number of nitrogens with two attached hydrogens (primary N) is 1. The molecule has 0 saturated heterocycles. The van der Waals surface area contributed by atoms with E-state index in [0.29, 0.717) is 23.8 Å². The summed E-state index contributed by atoms with van der Waals surface area (Å²) in [6.45, 7) is 0.679. The van der Waals surface area contributed by atoms with Gasteiger partial charge in [-0.2, -0.15) is 4.98 Å². The predicted molar refractivity (Wildman–Crippen MR) is 69.2 cm³/mol. The lowest BCUT2D eigenvalue weighted by atomic mass is 10.3. The van der Waals surface area contributed by atoms with Crippen LogP contribution in [-0.4, -0.2) is 12.0 Å². The van der Waals surface area contributed by atoms with Crippen LogP contribution in [0.3, 0.4) is 0 Å². The van der Waals surface area contributed by atoms with Gasteiger partial charge in [-0.15, -0.1) is 0 Å². The Bertz CT molecular complexity index is 658. The molecule has 0 amide bonds. The number of fused-ring (bicyclic) bond motifs is 1. The number of aromatic nitrogens is 1. The number of furan rings is 1. The fourth-order valence-corrected chi connectivity index (χ4v) is 1.82. The smallest absolute Gasteiger partial charge is 0.298 e. The number of oxazole rings is 1. The molecule has 0 fully saturated rings. The number of rotatable bonds is 3. The summed E-state index contributed by atoms with van der Waals surface area (Å²) < 4.78 is 10.7. The molecular weight excluding hydrogens is 230 g/mol. The van der Waals surface area contributed by atoms with Crippen molar-refractivity contribution in [3.8, 4) is 0 Å². The quantitative estimate of drug-likeness (QED) is 0.716. The summed E-state index contributed by atoms with van der Waals surface area (Å²) >= 11 is 0. The van der Waals surface area contributed by atoms with Crippen molar-refractivity contribution in [1.29, 1.82) is 0 Å².